The molecular formula is C29H41FN6O3. The third-order valence-electron chi connectivity index (χ3n) is 8.47. The number of rotatable bonds is 11. The molecule has 1 atom stereocenters. The van der Waals surface area contributed by atoms with Crippen molar-refractivity contribution in [1.82, 2.24) is 30.9 Å². The van der Waals surface area contributed by atoms with E-state index in [1.165, 1.54) is 31.4 Å². The van der Waals surface area contributed by atoms with Gasteiger partial charge in [0.1, 0.15) is 17.6 Å². The monoisotopic (exact) mass is 540 g/mol. The Morgan fingerprint density at radius 2 is 1.85 bits per heavy atom. The zero-order valence-corrected chi connectivity index (χ0v) is 22.9. The van der Waals surface area contributed by atoms with Gasteiger partial charge in [0.2, 0.25) is 5.91 Å². The number of hydrogen-bond acceptors (Lipinski definition) is 5. The van der Waals surface area contributed by atoms with Crippen molar-refractivity contribution in [3.63, 3.8) is 0 Å². The number of halogens is 1. The quantitative estimate of drug-likeness (QED) is 0.399. The van der Waals surface area contributed by atoms with Crippen molar-refractivity contribution in [3.05, 3.63) is 47.5 Å². The molecule has 1 aromatic carbocycles. The van der Waals surface area contributed by atoms with Gasteiger partial charge in [0.15, 0.2) is 0 Å². The minimum atomic E-state index is -0.809. The Bertz CT molecular complexity index is 1080. The van der Waals surface area contributed by atoms with Gasteiger partial charge in [-0.15, -0.1) is 0 Å². The minimum Gasteiger partial charge on any atom is -0.341 e. The second-order valence-corrected chi connectivity index (χ2v) is 11.0. The highest BCUT2D eigenvalue weighted by Gasteiger charge is 2.47. The molecule has 1 saturated heterocycles. The largest absolute Gasteiger partial charge is 0.341 e. The number of urea groups is 1. The topological polar surface area (TPSA) is 120 Å². The molecule has 3 amide bonds. The minimum absolute atomic E-state index is 0.175. The van der Waals surface area contributed by atoms with E-state index in [0.29, 0.717) is 57.0 Å². The van der Waals surface area contributed by atoms with E-state index in [4.69, 9.17) is 0 Å². The number of aromatic nitrogens is 3. The van der Waals surface area contributed by atoms with Gasteiger partial charge in [0.05, 0.1) is 11.9 Å². The van der Waals surface area contributed by atoms with Gasteiger partial charge in [-0.2, -0.15) is 15.4 Å². The summed E-state index contributed by atoms with van der Waals surface area (Å²) in [6, 6.07) is 4.71. The average molecular weight is 541 g/mol. The number of amides is 3. The molecule has 2 fully saturated rings. The number of likely N-dealkylation sites (tertiary alicyclic amines) is 1. The van der Waals surface area contributed by atoms with Gasteiger partial charge in [0.25, 0.3) is 0 Å². The van der Waals surface area contributed by atoms with Crippen LogP contribution < -0.4 is 10.6 Å². The highest BCUT2D eigenvalue weighted by Crippen LogP contribution is 2.47. The van der Waals surface area contributed by atoms with Crippen LogP contribution >= 0.6 is 0 Å². The highest BCUT2D eigenvalue weighted by molar-refractivity contribution is 5.88. The van der Waals surface area contributed by atoms with Crippen molar-refractivity contribution in [1.29, 1.82) is 0 Å². The third-order valence-corrected chi connectivity index (χ3v) is 8.47. The zero-order chi connectivity index (χ0) is 27.7. The van der Waals surface area contributed by atoms with E-state index in [9.17, 15) is 18.8 Å². The van der Waals surface area contributed by atoms with Crippen molar-refractivity contribution in [2.75, 3.05) is 19.6 Å². The first-order valence-electron chi connectivity index (χ1n) is 14.4. The fourth-order valence-electron chi connectivity index (χ4n) is 6.31. The molecule has 1 aliphatic heterocycles. The van der Waals surface area contributed by atoms with Gasteiger partial charge in [-0.3, -0.25) is 9.59 Å². The highest BCUT2D eigenvalue weighted by atomic mass is 19.1. The molecule has 39 heavy (non-hydrogen) atoms. The molecule has 0 spiro atoms. The summed E-state index contributed by atoms with van der Waals surface area (Å²) in [5.41, 5.74) is 1.14. The van der Waals surface area contributed by atoms with E-state index in [1.807, 2.05) is 6.92 Å². The lowest BCUT2D eigenvalue weighted by atomic mass is 9.61. The molecule has 9 nitrogen and oxygen atoms in total. The van der Waals surface area contributed by atoms with Crippen LogP contribution in [0.2, 0.25) is 0 Å². The van der Waals surface area contributed by atoms with Crippen LogP contribution in [0.1, 0.15) is 76.0 Å². The number of carbonyl (C=O) groups excluding carboxylic acids is 3. The van der Waals surface area contributed by atoms with Gasteiger partial charge >= 0.3 is 6.03 Å². The maximum atomic E-state index is 13.8. The van der Waals surface area contributed by atoms with Crippen molar-refractivity contribution >= 4 is 17.7 Å². The van der Waals surface area contributed by atoms with Crippen LogP contribution in [0, 0.1) is 17.2 Å². The Hall–Kier alpha value is -3.30. The fourth-order valence-corrected chi connectivity index (χ4v) is 6.31. The van der Waals surface area contributed by atoms with E-state index >= 15 is 0 Å². The SMILES string of the molecule is CCCC(=O)C1(C2CCCCC2)CCN(C(=O)C(Cc2ccc(F)cc2)NC(=O)NCCc2cn[nH]n2)CC1. The normalized spacial score (nSPS) is 18.4. The van der Waals surface area contributed by atoms with Crippen molar-refractivity contribution in [2.24, 2.45) is 11.3 Å². The van der Waals surface area contributed by atoms with Gasteiger partial charge in [-0.25, -0.2) is 9.18 Å². The fraction of sp³-hybridized carbons (Fsp3) is 0.621. The molecule has 1 aliphatic carbocycles. The lowest BCUT2D eigenvalue weighted by Gasteiger charge is -2.47. The van der Waals surface area contributed by atoms with E-state index in [0.717, 1.165) is 30.5 Å². The zero-order valence-electron chi connectivity index (χ0n) is 22.9. The first-order valence-corrected chi connectivity index (χ1v) is 14.4. The van der Waals surface area contributed by atoms with Crippen LogP contribution in [0.5, 0.6) is 0 Å². The summed E-state index contributed by atoms with van der Waals surface area (Å²) < 4.78 is 13.5. The molecule has 3 N–H and O–H groups in total. The summed E-state index contributed by atoms with van der Waals surface area (Å²) in [6.07, 6.45) is 10.9. The molecule has 0 bridgehead atoms. The number of aromatic amines is 1. The number of nitrogens with zero attached hydrogens (tertiary/aromatic N) is 3. The Morgan fingerprint density at radius 3 is 2.49 bits per heavy atom. The molecular weight excluding hydrogens is 499 g/mol. The molecule has 212 valence electrons. The Morgan fingerprint density at radius 1 is 1.13 bits per heavy atom. The molecule has 4 rings (SSSR count). The number of hydrogen-bond donors (Lipinski definition) is 3. The van der Waals surface area contributed by atoms with Crippen molar-refractivity contribution in [3.8, 4) is 0 Å². The van der Waals surface area contributed by atoms with Crippen molar-refractivity contribution < 1.29 is 18.8 Å². The first kappa shape index (κ1) is 28.7. The number of piperidine rings is 1. The summed E-state index contributed by atoms with van der Waals surface area (Å²) in [5, 5.41) is 15.9. The molecule has 2 heterocycles. The van der Waals surface area contributed by atoms with Crippen LogP contribution in [0.25, 0.3) is 0 Å². The summed E-state index contributed by atoms with van der Waals surface area (Å²) in [7, 11) is 0. The summed E-state index contributed by atoms with van der Waals surface area (Å²) in [5.74, 6) is 0.223. The molecule has 2 aromatic rings. The Kier molecular flexibility index (Phi) is 10.1. The van der Waals surface area contributed by atoms with Crippen molar-refractivity contribution in [2.45, 2.75) is 83.6 Å². The van der Waals surface area contributed by atoms with Crippen LogP contribution in [-0.4, -0.2) is 63.7 Å². The van der Waals surface area contributed by atoms with E-state index in [-0.39, 0.29) is 23.6 Å². The lowest BCUT2D eigenvalue weighted by molar-refractivity contribution is -0.144. The van der Waals surface area contributed by atoms with Gasteiger partial charge < -0.3 is 15.5 Å². The standard InChI is InChI=1S/C29H41FN6O3/c1-2-6-26(37)29(22-7-4-3-5-8-22)14-17-36(18-15-29)27(38)25(19-21-9-11-23(30)12-10-21)33-28(39)31-16-13-24-20-32-35-34-24/h9-12,20,22,25H,2-8,13-19H2,1H3,(H2,31,33,39)(H,32,34,35). The maximum absolute atomic E-state index is 13.8. The smallest absolute Gasteiger partial charge is 0.315 e. The maximum Gasteiger partial charge on any atom is 0.315 e. The first-order chi connectivity index (χ1) is 18.9. The van der Waals surface area contributed by atoms with Crippen LogP contribution in [0.4, 0.5) is 9.18 Å². The van der Waals surface area contributed by atoms with Crippen LogP contribution in [0.15, 0.2) is 30.5 Å². The molecule has 1 saturated carbocycles. The summed E-state index contributed by atoms with van der Waals surface area (Å²) >= 11 is 0. The predicted octanol–water partition coefficient (Wildman–Crippen LogP) is 3.96. The number of benzene rings is 1. The molecule has 1 unspecified atom stereocenters. The third kappa shape index (κ3) is 7.42. The van der Waals surface area contributed by atoms with Gasteiger partial charge in [-0.1, -0.05) is 38.3 Å². The molecule has 10 heteroatoms. The number of ketones is 1. The van der Waals surface area contributed by atoms with Crippen LogP contribution in [-0.2, 0) is 22.4 Å². The summed E-state index contributed by atoms with van der Waals surface area (Å²) in [6.45, 7) is 3.39. The Labute approximate surface area is 229 Å². The second kappa shape index (κ2) is 13.7. The number of nitrogens with one attached hydrogen (secondary N) is 3. The average Bonchev–Trinajstić information content (AvgIpc) is 3.48. The second-order valence-electron chi connectivity index (χ2n) is 11.0. The number of Topliss-reactive ketones (excluding diaryl/α,β-unsaturated/α-hetero) is 1. The van der Waals surface area contributed by atoms with E-state index < -0.39 is 12.1 Å². The molecule has 0 radical (unpaired) electrons. The van der Waals surface area contributed by atoms with E-state index in [2.05, 4.69) is 26.0 Å². The van der Waals surface area contributed by atoms with E-state index in [1.54, 1.807) is 23.2 Å². The summed E-state index contributed by atoms with van der Waals surface area (Å²) in [4.78, 5) is 41.7. The predicted molar refractivity (Wildman–Crippen MR) is 145 cm³/mol. The lowest BCUT2D eigenvalue weighted by Crippen LogP contribution is -2.56. The number of H-pyrrole nitrogens is 1. The Balaban J connectivity index is 1.42. The number of carbonyl (C=O) groups is 3. The molecule has 2 aliphatic rings. The van der Waals surface area contributed by atoms with Crippen LogP contribution in [0.3, 0.4) is 0 Å². The van der Waals surface area contributed by atoms with Gasteiger partial charge in [0, 0.05) is 44.3 Å². The van der Waals surface area contributed by atoms with Gasteiger partial charge in [-0.05, 0) is 55.7 Å². The molecule has 1 aromatic heterocycles.